The van der Waals surface area contributed by atoms with Crippen molar-refractivity contribution in [3.63, 3.8) is 0 Å². The average molecular weight is 398 g/mol. The molecule has 1 fully saturated rings. The molecule has 1 saturated heterocycles. The second-order valence-corrected chi connectivity index (χ2v) is 7.60. The summed E-state index contributed by atoms with van der Waals surface area (Å²) < 4.78 is 15.7. The molecule has 2 aromatic rings. The number of hydrogen-bond donors (Lipinski definition) is 1. The predicted molar refractivity (Wildman–Crippen MR) is 108 cm³/mol. The van der Waals surface area contributed by atoms with Crippen molar-refractivity contribution in [3.8, 4) is 5.75 Å². The zero-order valence-corrected chi connectivity index (χ0v) is 16.9. The summed E-state index contributed by atoms with van der Waals surface area (Å²) in [5.74, 6) is -0.139. The molecule has 2 aliphatic heterocycles. The number of nitrogens with zero attached hydrogens (tertiary/aromatic N) is 1. The highest BCUT2D eigenvalue weighted by molar-refractivity contribution is 5.91. The largest absolute Gasteiger partial charge is 0.504 e. The summed E-state index contributed by atoms with van der Waals surface area (Å²) in [4.78, 5) is 30.1. The van der Waals surface area contributed by atoms with Crippen LogP contribution in [0.1, 0.15) is 23.7 Å². The lowest BCUT2D eigenvalue weighted by Crippen LogP contribution is -2.47. The van der Waals surface area contributed by atoms with Crippen molar-refractivity contribution in [2.75, 3.05) is 34.4 Å². The fraction of sp³-hybridized carbons (Fsp3) is 0.455. The van der Waals surface area contributed by atoms with E-state index < -0.39 is 5.97 Å². The van der Waals surface area contributed by atoms with E-state index in [2.05, 4.69) is 16.0 Å². The van der Waals surface area contributed by atoms with Gasteiger partial charge in [-0.25, -0.2) is 4.79 Å². The van der Waals surface area contributed by atoms with Crippen molar-refractivity contribution >= 4 is 23.2 Å². The van der Waals surface area contributed by atoms with E-state index in [0.717, 1.165) is 41.6 Å². The van der Waals surface area contributed by atoms with E-state index in [9.17, 15) is 9.59 Å². The maximum absolute atomic E-state index is 12.4. The third-order valence-corrected chi connectivity index (χ3v) is 6.24. The number of aromatic amines is 1. The molecular weight excluding hydrogens is 372 g/mol. The van der Waals surface area contributed by atoms with Gasteiger partial charge in [-0.3, -0.25) is 4.90 Å². The van der Waals surface area contributed by atoms with E-state index in [0.29, 0.717) is 18.5 Å². The topological polar surface area (TPSA) is 80.9 Å². The van der Waals surface area contributed by atoms with E-state index in [-0.39, 0.29) is 17.9 Å². The third kappa shape index (κ3) is 3.19. The predicted octanol–water partition coefficient (Wildman–Crippen LogP) is 2.61. The molecule has 3 atom stereocenters. The molecule has 1 N–H and O–H groups in total. The van der Waals surface area contributed by atoms with Crippen LogP contribution in [-0.4, -0.2) is 56.6 Å². The Kier molecular flexibility index (Phi) is 5.32. The first-order valence-electron chi connectivity index (χ1n) is 9.80. The molecule has 0 spiro atoms. The first-order chi connectivity index (χ1) is 14.1. The van der Waals surface area contributed by atoms with Gasteiger partial charge >= 0.3 is 5.97 Å². The van der Waals surface area contributed by atoms with Gasteiger partial charge in [0.25, 0.3) is 0 Å². The Morgan fingerprint density at radius 1 is 1.28 bits per heavy atom. The van der Waals surface area contributed by atoms with Crippen LogP contribution in [-0.2, 0) is 25.5 Å². The number of rotatable bonds is 5. The van der Waals surface area contributed by atoms with Crippen LogP contribution in [0, 0.1) is 11.8 Å². The Hall–Kier alpha value is -2.80. The molecule has 0 amide bonds. The lowest BCUT2D eigenvalue weighted by molar-refractivity contribution is -0.137. The number of esters is 1. The van der Waals surface area contributed by atoms with Gasteiger partial charge in [0.1, 0.15) is 12.0 Å². The minimum Gasteiger partial charge on any atom is -0.504 e. The SMILES string of the molecule is CO/C=C(/C(=O)OC)[C@H]1C[C@H]2c3[nH]c4cccc(OC)c4c3CCN2C[C@H]1C=O. The fourth-order valence-electron chi connectivity index (χ4n) is 4.94. The summed E-state index contributed by atoms with van der Waals surface area (Å²) in [5.41, 5.74) is 3.86. The van der Waals surface area contributed by atoms with Gasteiger partial charge in [-0.05, 0) is 30.5 Å². The van der Waals surface area contributed by atoms with Gasteiger partial charge in [0.2, 0.25) is 0 Å². The fourth-order valence-corrected chi connectivity index (χ4v) is 4.94. The maximum atomic E-state index is 12.4. The first kappa shape index (κ1) is 19.5. The van der Waals surface area contributed by atoms with Crippen LogP contribution in [0.3, 0.4) is 0 Å². The van der Waals surface area contributed by atoms with Gasteiger partial charge in [-0.15, -0.1) is 0 Å². The summed E-state index contributed by atoms with van der Waals surface area (Å²) in [6.45, 7) is 1.46. The zero-order chi connectivity index (χ0) is 20.5. The van der Waals surface area contributed by atoms with E-state index in [1.165, 1.54) is 26.0 Å². The van der Waals surface area contributed by atoms with Gasteiger partial charge in [-0.1, -0.05) is 6.07 Å². The molecule has 3 heterocycles. The molecular formula is C22H26N2O5. The van der Waals surface area contributed by atoms with E-state index in [1.807, 2.05) is 12.1 Å². The Labute approximate surface area is 169 Å². The number of aromatic nitrogens is 1. The van der Waals surface area contributed by atoms with Crippen LogP contribution < -0.4 is 4.74 Å². The summed E-state index contributed by atoms with van der Waals surface area (Å²) in [5, 5.41) is 1.12. The highest BCUT2D eigenvalue weighted by Crippen LogP contribution is 2.46. The van der Waals surface area contributed by atoms with E-state index in [1.54, 1.807) is 7.11 Å². The number of benzene rings is 1. The molecule has 2 aliphatic rings. The van der Waals surface area contributed by atoms with Crippen LogP contribution in [0.4, 0.5) is 0 Å². The zero-order valence-electron chi connectivity index (χ0n) is 16.9. The van der Waals surface area contributed by atoms with Gasteiger partial charge in [0, 0.05) is 41.5 Å². The monoisotopic (exact) mass is 398 g/mol. The van der Waals surface area contributed by atoms with Crippen LogP contribution in [0.2, 0.25) is 0 Å². The number of carbonyl (C=O) groups excluding carboxylic acids is 2. The Morgan fingerprint density at radius 2 is 2.10 bits per heavy atom. The van der Waals surface area contributed by atoms with Gasteiger partial charge in [0.15, 0.2) is 0 Å². The van der Waals surface area contributed by atoms with Crippen LogP contribution in [0.5, 0.6) is 5.75 Å². The molecule has 0 unspecified atom stereocenters. The number of nitrogens with one attached hydrogen (secondary N) is 1. The highest BCUT2D eigenvalue weighted by Gasteiger charge is 2.43. The Morgan fingerprint density at radius 3 is 2.79 bits per heavy atom. The van der Waals surface area contributed by atoms with Crippen LogP contribution in [0.15, 0.2) is 30.0 Å². The van der Waals surface area contributed by atoms with Gasteiger partial charge in [-0.2, -0.15) is 0 Å². The van der Waals surface area contributed by atoms with Crippen LogP contribution >= 0.6 is 0 Å². The number of H-pyrrole nitrogens is 1. The number of aldehydes is 1. The number of piperidine rings is 1. The number of fused-ring (bicyclic) bond motifs is 5. The molecule has 4 rings (SSSR count). The second kappa shape index (κ2) is 7.91. The van der Waals surface area contributed by atoms with E-state index in [4.69, 9.17) is 14.2 Å². The Balaban J connectivity index is 1.77. The van der Waals surface area contributed by atoms with Crippen molar-refractivity contribution in [1.82, 2.24) is 9.88 Å². The minimum atomic E-state index is -0.452. The molecule has 1 aromatic carbocycles. The number of hydrogen-bond acceptors (Lipinski definition) is 6. The smallest absolute Gasteiger partial charge is 0.337 e. The second-order valence-electron chi connectivity index (χ2n) is 7.60. The number of ether oxygens (including phenoxy) is 3. The molecule has 154 valence electrons. The number of carbonyl (C=O) groups is 2. The summed E-state index contributed by atoms with van der Waals surface area (Å²) in [7, 11) is 4.53. The molecule has 7 nitrogen and oxygen atoms in total. The lowest BCUT2D eigenvalue weighted by atomic mass is 9.75. The Bertz CT molecular complexity index is 964. The molecule has 1 aromatic heterocycles. The third-order valence-electron chi connectivity index (χ3n) is 6.24. The number of methoxy groups -OCH3 is 3. The molecule has 0 aliphatic carbocycles. The van der Waals surface area contributed by atoms with E-state index >= 15 is 0 Å². The van der Waals surface area contributed by atoms with Crippen LogP contribution in [0.25, 0.3) is 10.9 Å². The van der Waals surface area contributed by atoms with Gasteiger partial charge < -0.3 is 24.0 Å². The van der Waals surface area contributed by atoms with Crippen molar-refractivity contribution in [2.45, 2.75) is 18.9 Å². The average Bonchev–Trinajstić information content (AvgIpc) is 3.15. The first-order valence-corrected chi connectivity index (χ1v) is 9.80. The molecule has 0 saturated carbocycles. The summed E-state index contributed by atoms with van der Waals surface area (Å²) in [6.07, 6.45) is 3.90. The van der Waals surface area contributed by atoms with Gasteiger partial charge in [0.05, 0.1) is 39.2 Å². The normalized spacial score (nSPS) is 24.5. The highest BCUT2D eigenvalue weighted by atomic mass is 16.5. The lowest BCUT2D eigenvalue weighted by Gasteiger charge is -2.45. The van der Waals surface area contributed by atoms with Crippen molar-refractivity contribution in [3.05, 3.63) is 41.3 Å². The standard InChI is InChI=1S/C22H26N2O5/c1-27-12-16(22(26)29-3)15-9-18-21-14(7-8-24(18)10-13(15)11-25)20-17(23-21)5-4-6-19(20)28-2/h4-6,11-13,15,18,23H,7-10H2,1-3H3/b16-12+/t13-,15-,18-/m0/s1. The summed E-state index contributed by atoms with van der Waals surface area (Å²) in [6, 6.07) is 6.09. The molecule has 29 heavy (non-hydrogen) atoms. The molecule has 0 bridgehead atoms. The summed E-state index contributed by atoms with van der Waals surface area (Å²) >= 11 is 0. The quantitative estimate of drug-likeness (QED) is 0.361. The van der Waals surface area contributed by atoms with Crippen molar-refractivity contribution < 1.29 is 23.8 Å². The molecule has 0 radical (unpaired) electrons. The minimum absolute atomic E-state index is 0.0852. The maximum Gasteiger partial charge on any atom is 0.337 e. The van der Waals surface area contributed by atoms with Crippen molar-refractivity contribution in [1.29, 1.82) is 0 Å². The molecule has 7 heteroatoms. The van der Waals surface area contributed by atoms with Crippen molar-refractivity contribution in [2.24, 2.45) is 11.8 Å².